The number of carbonyl (C=O) groups excluding carboxylic acids is 1. The molecule has 0 unspecified atom stereocenters. The van der Waals surface area contributed by atoms with E-state index < -0.39 is 0 Å². The third-order valence-electron chi connectivity index (χ3n) is 4.34. The van der Waals surface area contributed by atoms with Gasteiger partial charge in [-0.1, -0.05) is 0 Å². The van der Waals surface area contributed by atoms with Gasteiger partial charge in [-0.2, -0.15) is 0 Å². The normalized spacial score (nSPS) is 14.5. The number of morpholine rings is 1. The molecule has 3 heterocycles. The van der Waals surface area contributed by atoms with Crippen LogP contribution in [0.1, 0.15) is 15.9 Å². The Hall–Kier alpha value is -3.26. The summed E-state index contributed by atoms with van der Waals surface area (Å²) in [5, 5.41) is 7.52. The standard InChI is InChI=1S/C18H18N6O2/c19-16(20)11-1-3-13-15(9-11)23-17(22-13)14-4-2-12(10-21-14)18(25)24-5-7-26-8-6-24/h1-4,9-10H,5-8H2,(H3,19,20)(H,22,23). The molecular weight excluding hydrogens is 332 g/mol. The predicted octanol–water partition coefficient (Wildman–Crippen LogP) is 1.38. The average Bonchev–Trinajstić information content (AvgIpc) is 3.11. The SMILES string of the molecule is N=C(N)c1ccc2nc(-c3ccc(C(=O)N4CCOCC4)cn3)[nH]c2c1. The molecule has 3 aromatic rings. The van der Waals surface area contributed by atoms with Gasteiger partial charge in [-0.15, -0.1) is 0 Å². The lowest BCUT2D eigenvalue weighted by molar-refractivity contribution is 0.0302. The molecule has 1 aliphatic rings. The molecule has 4 rings (SSSR count). The summed E-state index contributed by atoms with van der Waals surface area (Å²) in [6.07, 6.45) is 1.57. The van der Waals surface area contributed by atoms with Gasteiger partial charge in [0.25, 0.3) is 5.91 Å². The van der Waals surface area contributed by atoms with Gasteiger partial charge in [-0.3, -0.25) is 15.2 Å². The van der Waals surface area contributed by atoms with Gasteiger partial charge in [-0.05, 0) is 30.3 Å². The van der Waals surface area contributed by atoms with Crippen molar-refractivity contribution < 1.29 is 9.53 Å². The van der Waals surface area contributed by atoms with Crippen LogP contribution >= 0.6 is 0 Å². The molecule has 0 radical (unpaired) electrons. The average molecular weight is 350 g/mol. The third-order valence-corrected chi connectivity index (χ3v) is 4.34. The maximum atomic E-state index is 12.5. The second-order valence-corrected chi connectivity index (χ2v) is 6.07. The summed E-state index contributed by atoms with van der Waals surface area (Å²) in [4.78, 5) is 26.3. The fourth-order valence-electron chi connectivity index (χ4n) is 2.91. The van der Waals surface area contributed by atoms with E-state index in [1.54, 1.807) is 35.4 Å². The summed E-state index contributed by atoms with van der Waals surface area (Å²) < 4.78 is 5.27. The van der Waals surface area contributed by atoms with Crippen LogP contribution in [0.5, 0.6) is 0 Å². The minimum atomic E-state index is -0.0388. The quantitative estimate of drug-likeness (QED) is 0.487. The molecule has 8 heteroatoms. The van der Waals surface area contributed by atoms with Crippen molar-refractivity contribution in [1.82, 2.24) is 19.9 Å². The Kier molecular flexibility index (Phi) is 4.10. The van der Waals surface area contributed by atoms with Crippen LogP contribution in [0.15, 0.2) is 36.5 Å². The number of nitrogens with one attached hydrogen (secondary N) is 2. The fraction of sp³-hybridized carbons (Fsp3) is 0.222. The molecule has 0 aliphatic carbocycles. The van der Waals surface area contributed by atoms with Crippen molar-refractivity contribution in [2.75, 3.05) is 26.3 Å². The predicted molar refractivity (Wildman–Crippen MR) is 97.1 cm³/mol. The summed E-state index contributed by atoms with van der Waals surface area (Å²) in [6.45, 7) is 2.34. The molecule has 0 spiro atoms. The van der Waals surface area contributed by atoms with E-state index in [0.717, 1.165) is 11.0 Å². The number of nitrogens with two attached hydrogens (primary N) is 1. The van der Waals surface area contributed by atoms with E-state index in [0.29, 0.717) is 48.9 Å². The van der Waals surface area contributed by atoms with E-state index >= 15 is 0 Å². The molecule has 1 fully saturated rings. The van der Waals surface area contributed by atoms with E-state index in [-0.39, 0.29) is 11.7 Å². The lowest BCUT2D eigenvalue weighted by Gasteiger charge is -2.26. The molecule has 1 amide bonds. The molecule has 2 aromatic heterocycles. The van der Waals surface area contributed by atoms with Crippen molar-refractivity contribution in [2.24, 2.45) is 5.73 Å². The molecule has 132 valence electrons. The van der Waals surface area contributed by atoms with Gasteiger partial charge in [0, 0.05) is 24.8 Å². The van der Waals surface area contributed by atoms with Crippen molar-refractivity contribution in [2.45, 2.75) is 0 Å². The van der Waals surface area contributed by atoms with Gasteiger partial charge < -0.3 is 20.4 Å². The molecular formula is C18H18N6O2. The number of ether oxygens (including phenoxy) is 1. The van der Waals surface area contributed by atoms with Crippen LogP contribution in [0, 0.1) is 5.41 Å². The smallest absolute Gasteiger partial charge is 0.255 e. The van der Waals surface area contributed by atoms with Gasteiger partial charge >= 0.3 is 0 Å². The Labute approximate surface area is 149 Å². The van der Waals surface area contributed by atoms with Crippen molar-refractivity contribution in [3.8, 4) is 11.5 Å². The first-order valence-electron chi connectivity index (χ1n) is 8.29. The molecule has 1 aliphatic heterocycles. The van der Waals surface area contributed by atoms with E-state index in [2.05, 4.69) is 15.0 Å². The number of nitrogen functional groups attached to an aromatic ring is 1. The zero-order valence-electron chi connectivity index (χ0n) is 14.0. The number of rotatable bonds is 3. The maximum Gasteiger partial charge on any atom is 0.255 e. The Morgan fingerprint density at radius 1 is 1.19 bits per heavy atom. The highest BCUT2D eigenvalue weighted by Gasteiger charge is 2.19. The van der Waals surface area contributed by atoms with Crippen LogP contribution in [0.25, 0.3) is 22.6 Å². The van der Waals surface area contributed by atoms with Gasteiger partial charge in [0.1, 0.15) is 11.5 Å². The Morgan fingerprint density at radius 3 is 2.65 bits per heavy atom. The number of amidine groups is 1. The first kappa shape index (κ1) is 16.2. The molecule has 8 nitrogen and oxygen atoms in total. The van der Waals surface area contributed by atoms with Gasteiger partial charge in [0.2, 0.25) is 0 Å². The second-order valence-electron chi connectivity index (χ2n) is 6.07. The number of hydrogen-bond donors (Lipinski definition) is 3. The number of fused-ring (bicyclic) bond motifs is 1. The van der Waals surface area contributed by atoms with E-state index in [1.165, 1.54) is 0 Å². The summed E-state index contributed by atoms with van der Waals surface area (Å²) in [5.74, 6) is 0.571. The number of pyridine rings is 1. The minimum Gasteiger partial charge on any atom is -0.384 e. The van der Waals surface area contributed by atoms with Crippen molar-refractivity contribution >= 4 is 22.8 Å². The number of nitrogens with zero attached hydrogens (tertiary/aromatic N) is 3. The highest BCUT2D eigenvalue weighted by molar-refractivity contribution is 5.98. The number of benzene rings is 1. The second kappa shape index (κ2) is 6.57. The van der Waals surface area contributed by atoms with Crippen molar-refractivity contribution in [1.29, 1.82) is 5.41 Å². The first-order valence-corrected chi connectivity index (χ1v) is 8.29. The van der Waals surface area contributed by atoms with E-state index in [4.69, 9.17) is 15.9 Å². The topological polar surface area (TPSA) is 121 Å². The molecule has 1 saturated heterocycles. The summed E-state index contributed by atoms with van der Waals surface area (Å²) in [7, 11) is 0. The van der Waals surface area contributed by atoms with Crippen LogP contribution in [-0.2, 0) is 4.74 Å². The zero-order chi connectivity index (χ0) is 18.1. The van der Waals surface area contributed by atoms with Gasteiger partial charge in [-0.25, -0.2) is 4.98 Å². The third kappa shape index (κ3) is 3.02. The number of amides is 1. The van der Waals surface area contributed by atoms with Gasteiger partial charge in [0.05, 0.1) is 29.8 Å². The first-order chi connectivity index (χ1) is 12.6. The molecule has 4 N–H and O–H groups in total. The highest BCUT2D eigenvalue weighted by atomic mass is 16.5. The Bertz CT molecular complexity index is 973. The van der Waals surface area contributed by atoms with Crippen molar-refractivity contribution in [3.63, 3.8) is 0 Å². The number of carbonyl (C=O) groups is 1. The van der Waals surface area contributed by atoms with Crippen LogP contribution in [0.3, 0.4) is 0 Å². The largest absolute Gasteiger partial charge is 0.384 e. The van der Waals surface area contributed by atoms with Crippen molar-refractivity contribution in [3.05, 3.63) is 47.7 Å². The number of aromatic nitrogens is 3. The van der Waals surface area contributed by atoms with Crippen LogP contribution in [0.2, 0.25) is 0 Å². The van der Waals surface area contributed by atoms with Crippen LogP contribution < -0.4 is 5.73 Å². The molecule has 26 heavy (non-hydrogen) atoms. The summed E-state index contributed by atoms with van der Waals surface area (Å²) in [6, 6.07) is 8.88. The fourth-order valence-corrected chi connectivity index (χ4v) is 2.91. The van der Waals surface area contributed by atoms with E-state index in [1.807, 2.05) is 6.07 Å². The number of hydrogen-bond acceptors (Lipinski definition) is 5. The van der Waals surface area contributed by atoms with E-state index in [9.17, 15) is 4.79 Å². The highest BCUT2D eigenvalue weighted by Crippen LogP contribution is 2.20. The molecule has 0 bridgehead atoms. The van der Waals surface area contributed by atoms with Gasteiger partial charge in [0.15, 0.2) is 5.82 Å². The van der Waals surface area contributed by atoms with Crippen LogP contribution in [0.4, 0.5) is 0 Å². The summed E-state index contributed by atoms with van der Waals surface area (Å²) in [5.41, 5.74) is 8.89. The molecule has 1 aromatic carbocycles. The number of aromatic amines is 1. The lowest BCUT2D eigenvalue weighted by Crippen LogP contribution is -2.40. The maximum absolute atomic E-state index is 12.5. The lowest BCUT2D eigenvalue weighted by atomic mass is 10.2. The molecule has 0 saturated carbocycles. The zero-order valence-corrected chi connectivity index (χ0v) is 14.0. The minimum absolute atomic E-state index is 0.00662. The number of imidazole rings is 1. The summed E-state index contributed by atoms with van der Waals surface area (Å²) >= 11 is 0. The Morgan fingerprint density at radius 2 is 1.96 bits per heavy atom. The van der Waals surface area contributed by atoms with Crippen LogP contribution in [-0.4, -0.2) is 57.9 Å². The number of H-pyrrole nitrogens is 1. The monoisotopic (exact) mass is 350 g/mol. The molecule has 0 atom stereocenters. The Balaban J connectivity index is 1.59.